The van der Waals surface area contributed by atoms with Gasteiger partial charge in [0.05, 0.1) is 0 Å². The molecule has 0 rings (SSSR count). The molecule has 1 unspecified atom stereocenters. The lowest BCUT2D eigenvalue weighted by atomic mass is 10.2. The van der Waals surface area contributed by atoms with Crippen LogP contribution in [0, 0.1) is 0 Å². The number of hydrogen-bond acceptors (Lipinski definition) is 3. The Hall–Kier alpha value is -0.380. The molecule has 3 N–H and O–H groups in total. The highest BCUT2D eigenvalue weighted by Gasteiger charge is 2.07. The summed E-state index contributed by atoms with van der Waals surface area (Å²) in [6.07, 6.45) is 1.75. The molecule has 0 aromatic rings. The molecule has 0 heterocycles. The number of thioether (sulfide) groups is 1. The fourth-order valence-corrected chi connectivity index (χ4v) is 1.83. The van der Waals surface area contributed by atoms with Crippen molar-refractivity contribution in [2.45, 2.75) is 31.9 Å². The average Bonchev–Trinajstić information content (AvgIpc) is 2.03. The van der Waals surface area contributed by atoms with Crippen molar-refractivity contribution in [2.24, 2.45) is 10.9 Å². The highest BCUT2D eigenvalue weighted by molar-refractivity contribution is 7.99. The summed E-state index contributed by atoms with van der Waals surface area (Å²) in [7, 11) is 0. The van der Waals surface area contributed by atoms with Crippen molar-refractivity contribution in [2.75, 3.05) is 5.75 Å². The van der Waals surface area contributed by atoms with Crippen LogP contribution in [0.25, 0.3) is 0 Å². The van der Waals surface area contributed by atoms with Gasteiger partial charge in [-0.1, -0.05) is 19.0 Å². The fraction of sp³-hybridized carbons (Fsp3) is 0.857. The standard InChI is InChI=1S/C7H16N2OS/c1-3-6(11-4-2)5-7(8)9-10/h6,10H,3-5H2,1-2H3,(H2,8,9). The second-order valence-corrected chi connectivity index (χ2v) is 3.86. The van der Waals surface area contributed by atoms with Crippen LogP contribution < -0.4 is 5.73 Å². The Morgan fingerprint density at radius 1 is 1.64 bits per heavy atom. The van der Waals surface area contributed by atoms with Gasteiger partial charge in [0, 0.05) is 11.7 Å². The van der Waals surface area contributed by atoms with Crippen molar-refractivity contribution in [1.82, 2.24) is 0 Å². The van der Waals surface area contributed by atoms with Gasteiger partial charge in [0.2, 0.25) is 0 Å². The van der Waals surface area contributed by atoms with Crippen LogP contribution in [0.4, 0.5) is 0 Å². The summed E-state index contributed by atoms with van der Waals surface area (Å²) in [4.78, 5) is 0. The predicted octanol–water partition coefficient (Wildman–Crippen LogP) is 1.65. The smallest absolute Gasteiger partial charge is 0.140 e. The number of nitrogens with two attached hydrogens (primary N) is 1. The van der Waals surface area contributed by atoms with E-state index in [4.69, 9.17) is 10.9 Å². The third kappa shape index (κ3) is 4.95. The van der Waals surface area contributed by atoms with Crippen LogP contribution in [0.1, 0.15) is 26.7 Å². The van der Waals surface area contributed by atoms with Crippen molar-refractivity contribution in [1.29, 1.82) is 0 Å². The first-order valence-electron chi connectivity index (χ1n) is 3.82. The van der Waals surface area contributed by atoms with Gasteiger partial charge in [0.15, 0.2) is 0 Å². The van der Waals surface area contributed by atoms with E-state index in [1.54, 1.807) is 0 Å². The Balaban J connectivity index is 3.68. The van der Waals surface area contributed by atoms with Crippen LogP contribution in [0.3, 0.4) is 0 Å². The van der Waals surface area contributed by atoms with Crippen LogP contribution in [0.5, 0.6) is 0 Å². The van der Waals surface area contributed by atoms with Crippen molar-refractivity contribution < 1.29 is 5.21 Å². The lowest BCUT2D eigenvalue weighted by Gasteiger charge is -2.11. The molecular weight excluding hydrogens is 160 g/mol. The molecule has 11 heavy (non-hydrogen) atoms. The van der Waals surface area contributed by atoms with Gasteiger partial charge in [0.25, 0.3) is 0 Å². The minimum absolute atomic E-state index is 0.331. The third-order valence-corrected chi connectivity index (χ3v) is 2.73. The largest absolute Gasteiger partial charge is 0.409 e. The summed E-state index contributed by atoms with van der Waals surface area (Å²) in [5, 5.41) is 11.7. The van der Waals surface area contributed by atoms with Crippen LogP contribution in [0.15, 0.2) is 5.16 Å². The summed E-state index contributed by atoms with van der Waals surface area (Å²) in [6, 6.07) is 0. The van der Waals surface area contributed by atoms with E-state index in [1.165, 1.54) is 0 Å². The molecule has 1 atom stereocenters. The van der Waals surface area contributed by atoms with Gasteiger partial charge in [-0.05, 0) is 12.2 Å². The number of amidine groups is 1. The Kier molecular flexibility index (Phi) is 6.12. The molecule has 0 aliphatic carbocycles. The third-order valence-electron chi connectivity index (χ3n) is 1.42. The molecular formula is C7H16N2OS. The zero-order chi connectivity index (χ0) is 8.69. The zero-order valence-electron chi connectivity index (χ0n) is 7.08. The lowest BCUT2D eigenvalue weighted by Crippen LogP contribution is -2.18. The molecule has 66 valence electrons. The molecule has 0 saturated carbocycles. The molecule has 0 bridgehead atoms. The van der Waals surface area contributed by atoms with Gasteiger partial charge < -0.3 is 10.9 Å². The Bertz CT molecular complexity index is 128. The summed E-state index contributed by atoms with van der Waals surface area (Å²) in [5.41, 5.74) is 5.37. The number of oxime groups is 1. The molecule has 0 amide bonds. The maximum absolute atomic E-state index is 8.30. The molecule has 0 aliphatic heterocycles. The van der Waals surface area contributed by atoms with Gasteiger partial charge in [-0.15, -0.1) is 0 Å². The minimum atomic E-state index is 0.331. The van der Waals surface area contributed by atoms with E-state index in [1.807, 2.05) is 11.8 Å². The summed E-state index contributed by atoms with van der Waals surface area (Å²) < 4.78 is 0. The van der Waals surface area contributed by atoms with E-state index in [0.29, 0.717) is 17.5 Å². The van der Waals surface area contributed by atoms with Crippen molar-refractivity contribution in [3.63, 3.8) is 0 Å². The van der Waals surface area contributed by atoms with Gasteiger partial charge in [0.1, 0.15) is 5.84 Å². The SMILES string of the molecule is CCSC(CC)C/C(N)=N/O. The maximum atomic E-state index is 8.30. The lowest BCUT2D eigenvalue weighted by molar-refractivity contribution is 0.316. The summed E-state index contributed by atoms with van der Waals surface area (Å²) in [6.45, 7) is 4.22. The molecule has 0 saturated heterocycles. The Morgan fingerprint density at radius 3 is 2.64 bits per heavy atom. The quantitative estimate of drug-likeness (QED) is 0.290. The molecule has 0 aliphatic rings. The molecule has 4 heteroatoms. The zero-order valence-corrected chi connectivity index (χ0v) is 7.90. The topological polar surface area (TPSA) is 58.6 Å². The first kappa shape index (κ1) is 10.6. The van der Waals surface area contributed by atoms with Gasteiger partial charge in [-0.3, -0.25) is 0 Å². The molecule has 0 fully saturated rings. The van der Waals surface area contributed by atoms with E-state index in [0.717, 1.165) is 12.2 Å². The second kappa shape index (κ2) is 6.34. The summed E-state index contributed by atoms with van der Waals surface area (Å²) in [5.74, 6) is 1.41. The Labute approximate surface area is 72.0 Å². The van der Waals surface area contributed by atoms with Gasteiger partial charge >= 0.3 is 0 Å². The predicted molar refractivity (Wildman–Crippen MR) is 50.2 cm³/mol. The molecule has 0 spiro atoms. The summed E-state index contributed by atoms with van der Waals surface area (Å²) >= 11 is 1.85. The average molecular weight is 176 g/mol. The maximum Gasteiger partial charge on any atom is 0.140 e. The molecule has 3 nitrogen and oxygen atoms in total. The van der Waals surface area contributed by atoms with E-state index >= 15 is 0 Å². The fourth-order valence-electron chi connectivity index (χ4n) is 0.831. The van der Waals surface area contributed by atoms with Crippen LogP contribution in [-0.4, -0.2) is 22.0 Å². The number of nitrogens with zero attached hydrogens (tertiary/aromatic N) is 1. The number of rotatable bonds is 5. The van der Waals surface area contributed by atoms with Crippen LogP contribution in [0.2, 0.25) is 0 Å². The molecule has 0 aromatic carbocycles. The van der Waals surface area contributed by atoms with Crippen molar-refractivity contribution in [3.05, 3.63) is 0 Å². The first-order chi connectivity index (χ1) is 5.24. The van der Waals surface area contributed by atoms with Gasteiger partial charge in [-0.25, -0.2) is 0 Å². The van der Waals surface area contributed by atoms with Crippen LogP contribution >= 0.6 is 11.8 Å². The van der Waals surface area contributed by atoms with Crippen molar-refractivity contribution >= 4 is 17.6 Å². The van der Waals surface area contributed by atoms with E-state index in [9.17, 15) is 0 Å². The minimum Gasteiger partial charge on any atom is -0.409 e. The second-order valence-electron chi connectivity index (χ2n) is 2.28. The number of hydrogen-bond donors (Lipinski definition) is 2. The van der Waals surface area contributed by atoms with Gasteiger partial charge in [-0.2, -0.15) is 11.8 Å². The highest BCUT2D eigenvalue weighted by Crippen LogP contribution is 2.16. The molecule has 0 aromatic heterocycles. The normalized spacial score (nSPS) is 14.9. The monoisotopic (exact) mass is 176 g/mol. The van der Waals surface area contributed by atoms with Crippen molar-refractivity contribution in [3.8, 4) is 0 Å². The highest BCUT2D eigenvalue weighted by atomic mass is 32.2. The van der Waals surface area contributed by atoms with E-state index in [-0.39, 0.29) is 0 Å². The van der Waals surface area contributed by atoms with Crippen LogP contribution in [-0.2, 0) is 0 Å². The first-order valence-corrected chi connectivity index (χ1v) is 4.87. The van der Waals surface area contributed by atoms with E-state index in [2.05, 4.69) is 19.0 Å². The Morgan fingerprint density at radius 2 is 2.27 bits per heavy atom. The molecule has 0 radical (unpaired) electrons. The van der Waals surface area contributed by atoms with E-state index < -0.39 is 0 Å².